The molecule has 0 aromatic carbocycles. The zero-order valence-electron chi connectivity index (χ0n) is 17.9. The molecule has 2 rings (SSSR count). The van der Waals surface area contributed by atoms with Gasteiger partial charge in [-0.3, -0.25) is 4.79 Å². The molecule has 166 valence electrons. The fourth-order valence-corrected chi connectivity index (χ4v) is 3.45. The summed E-state index contributed by atoms with van der Waals surface area (Å²) < 4.78 is 41.3. The van der Waals surface area contributed by atoms with E-state index in [9.17, 15) is 23.1 Å². The fraction of sp³-hybridized carbons (Fsp3) is 0.550. The second-order valence-corrected chi connectivity index (χ2v) is 9.95. The Balaban J connectivity index is 2.38. The van der Waals surface area contributed by atoms with E-state index in [0.717, 1.165) is 23.6 Å². The number of rotatable bonds is 6. The van der Waals surface area contributed by atoms with Crippen molar-refractivity contribution in [2.24, 2.45) is 5.41 Å². The average Bonchev–Trinajstić information content (AvgIpc) is 2.97. The lowest BCUT2D eigenvalue weighted by atomic mass is 9.97. The monoisotopic (exact) mass is 444 g/mol. The Kier molecular flexibility index (Phi) is 6.82. The van der Waals surface area contributed by atoms with Crippen LogP contribution in [-0.2, 0) is 6.18 Å². The zero-order valence-corrected chi connectivity index (χ0v) is 18.7. The van der Waals surface area contributed by atoms with Crippen LogP contribution >= 0.6 is 11.3 Å². The van der Waals surface area contributed by atoms with Gasteiger partial charge in [0, 0.05) is 24.8 Å². The van der Waals surface area contributed by atoms with Crippen molar-refractivity contribution in [2.45, 2.75) is 53.3 Å². The highest BCUT2D eigenvalue weighted by atomic mass is 32.1. The minimum Gasteiger partial charge on any atom is -0.389 e. The normalized spacial score (nSPS) is 12.7. The first kappa shape index (κ1) is 24.1. The largest absolute Gasteiger partial charge is 0.417 e. The van der Waals surface area contributed by atoms with E-state index in [2.05, 4.69) is 20.6 Å². The Hall–Kier alpha value is -2.20. The van der Waals surface area contributed by atoms with Crippen LogP contribution in [0, 0.1) is 12.3 Å². The van der Waals surface area contributed by atoms with Crippen molar-refractivity contribution in [3.8, 4) is 10.4 Å². The zero-order chi connectivity index (χ0) is 22.9. The maximum Gasteiger partial charge on any atom is 0.417 e. The molecular formula is C20H27F3N4O2S. The number of amides is 1. The van der Waals surface area contributed by atoms with E-state index in [-0.39, 0.29) is 33.2 Å². The van der Waals surface area contributed by atoms with E-state index in [1.165, 1.54) is 13.8 Å². The van der Waals surface area contributed by atoms with Gasteiger partial charge in [-0.1, -0.05) is 20.8 Å². The molecule has 0 unspecified atom stereocenters. The number of carbonyl (C=O) groups excluding carboxylic acids is 1. The number of aryl methyl sites for hydroxylation is 1. The average molecular weight is 445 g/mol. The third-order valence-electron chi connectivity index (χ3n) is 3.93. The number of aliphatic hydroxyl groups is 1. The number of carbonyl (C=O) groups is 1. The molecule has 30 heavy (non-hydrogen) atoms. The third kappa shape index (κ3) is 6.66. The highest BCUT2D eigenvalue weighted by Crippen LogP contribution is 2.41. The lowest BCUT2D eigenvalue weighted by molar-refractivity contribution is -0.137. The molecule has 0 aliphatic rings. The molecule has 2 heterocycles. The summed E-state index contributed by atoms with van der Waals surface area (Å²) >= 11 is 0.860. The number of anilines is 1. The Morgan fingerprint density at radius 3 is 2.33 bits per heavy atom. The van der Waals surface area contributed by atoms with Gasteiger partial charge >= 0.3 is 6.18 Å². The first-order valence-electron chi connectivity index (χ1n) is 9.36. The summed E-state index contributed by atoms with van der Waals surface area (Å²) in [5.74, 6) is -0.423. The summed E-state index contributed by atoms with van der Waals surface area (Å²) in [6, 6.07) is 0.980. The molecule has 0 aliphatic heterocycles. The Morgan fingerprint density at radius 1 is 1.17 bits per heavy atom. The fourth-order valence-electron chi connectivity index (χ4n) is 2.44. The molecule has 0 atom stereocenters. The summed E-state index contributed by atoms with van der Waals surface area (Å²) in [4.78, 5) is 20.8. The molecule has 0 saturated carbocycles. The highest BCUT2D eigenvalue weighted by Gasteiger charge is 2.36. The molecule has 6 nitrogen and oxygen atoms in total. The van der Waals surface area contributed by atoms with E-state index in [1.54, 1.807) is 6.92 Å². The number of hydrogen-bond acceptors (Lipinski definition) is 6. The second-order valence-electron chi connectivity index (χ2n) is 8.96. The number of hydrogen-bond donors (Lipinski definition) is 3. The van der Waals surface area contributed by atoms with E-state index < -0.39 is 23.2 Å². The van der Waals surface area contributed by atoms with Crippen molar-refractivity contribution in [3.63, 3.8) is 0 Å². The van der Waals surface area contributed by atoms with Crippen LogP contribution in [-0.4, -0.2) is 39.7 Å². The molecule has 0 saturated heterocycles. The van der Waals surface area contributed by atoms with Crippen molar-refractivity contribution >= 4 is 23.1 Å². The molecule has 0 spiro atoms. The maximum atomic E-state index is 13.8. The number of pyridine rings is 1. The van der Waals surface area contributed by atoms with Gasteiger partial charge < -0.3 is 15.7 Å². The quantitative estimate of drug-likeness (QED) is 0.611. The number of aromatic nitrogens is 2. The Bertz CT molecular complexity index is 912. The molecule has 10 heteroatoms. The van der Waals surface area contributed by atoms with Crippen molar-refractivity contribution in [1.82, 2.24) is 15.3 Å². The van der Waals surface area contributed by atoms with Crippen molar-refractivity contribution in [2.75, 3.05) is 18.4 Å². The lowest BCUT2D eigenvalue weighted by Gasteiger charge is -2.20. The van der Waals surface area contributed by atoms with E-state index in [1.807, 2.05) is 20.8 Å². The third-order valence-corrected chi connectivity index (χ3v) is 5.12. The molecule has 0 radical (unpaired) electrons. The number of thiazole rings is 1. The van der Waals surface area contributed by atoms with Crippen LogP contribution in [0.25, 0.3) is 10.4 Å². The highest BCUT2D eigenvalue weighted by molar-refractivity contribution is 7.17. The topological polar surface area (TPSA) is 87.1 Å². The molecule has 0 bridgehead atoms. The maximum absolute atomic E-state index is 13.8. The van der Waals surface area contributed by atoms with E-state index >= 15 is 0 Å². The first-order chi connectivity index (χ1) is 13.6. The SMILES string of the molecule is Cc1nc(C(=O)NCC(C)(C)O)sc1-c1cnc(NCC(C)(C)C)cc1C(F)(F)F. The van der Waals surface area contributed by atoms with Crippen LogP contribution in [0.1, 0.15) is 55.7 Å². The van der Waals surface area contributed by atoms with E-state index in [0.29, 0.717) is 12.2 Å². The molecule has 3 N–H and O–H groups in total. The lowest BCUT2D eigenvalue weighted by Crippen LogP contribution is -2.38. The van der Waals surface area contributed by atoms with Gasteiger partial charge in [0.05, 0.1) is 21.7 Å². The van der Waals surface area contributed by atoms with Gasteiger partial charge in [0.2, 0.25) is 0 Å². The molecular weight excluding hydrogens is 417 g/mol. The van der Waals surface area contributed by atoms with Crippen LogP contribution in [0.4, 0.5) is 19.0 Å². The van der Waals surface area contributed by atoms with Gasteiger partial charge in [0.1, 0.15) is 5.82 Å². The van der Waals surface area contributed by atoms with Gasteiger partial charge in [-0.2, -0.15) is 13.2 Å². The molecule has 0 aliphatic carbocycles. The minimum atomic E-state index is -4.60. The predicted molar refractivity (Wildman–Crippen MR) is 112 cm³/mol. The van der Waals surface area contributed by atoms with Crippen molar-refractivity contribution < 1.29 is 23.1 Å². The van der Waals surface area contributed by atoms with Crippen LogP contribution in [0.2, 0.25) is 0 Å². The molecule has 2 aromatic heterocycles. The summed E-state index contributed by atoms with van der Waals surface area (Å²) in [7, 11) is 0. The van der Waals surface area contributed by atoms with Gasteiger partial charge in [0.15, 0.2) is 5.01 Å². The summed E-state index contributed by atoms with van der Waals surface area (Å²) in [6.07, 6.45) is -3.44. The standard InChI is InChI=1S/C20H27F3N4O2S/c1-11-15(30-17(27-11)16(28)26-10-19(5,6)29)12-8-24-14(25-9-18(2,3)4)7-13(12)20(21,22)23/h7-8,29H,9-10H2,1-6H3,(H,24,25)(H,26,28). The van der Waals surface area contributed by atoms with Gasteiger partial charge in [-0.25, -0.2) is 9.97 Å². The minimum absolute atomic E-state index is 0.0106. The summed E-state index contributed by atoms with van der Waals surface area (Å²) in [6.45, 7) is 10.9. The molecule has 1 amide bonds. The summed E-state index contributed by atoms with van der Waals surface area (Å²) in [5, 5.41) is 15.2. The number of nitrogens with one attached hydrogen (secondary N) is 2. The summed E-state index contributed by atoms with van der Waals surface area (Å²) in [5.41, 5.74) is -1.91. The number of halogens is 3. The van der Waals surface area contributed by atoms with Gasteiger partial charge in [-0.15, -0.1) is 11.3 Å². The van der Waals surface area contributed by atoms with Crippen LogP contribution in [0.15, 0.2) is 12.3 Å². The van der Waals surface area contributed by atoms with Crippen molar-refractivity contribution in [1.29, 1.82) is 0 Å². The van der Waals surface area contributed by atoms with E-state index in [4.69, 9.17) is 0 Å². The second kappa shape index (κ2) is 8.50. The Morgan fingerprint density at radius 2 is 1.80 bits per heavy atom. The van der Waals surface area contributed by atoms with Crippen molar-refractivity contribution in [3.05, 3.63) is 28.5 Å². The Labute approximate surface area is 177 Å². The van der Waals surface area contributed by atoms with Crippen LogP contribution < -0.4 is 10.6 Å². The van der Waals surface area contributed by atoms with Crippen LogP contribution in [0.5, 0.6) is 0 Å². The first-order valence-corrected chi connectivity index (χ1v) is 10.2. The molecule has 0 fully saturated rings. The molecule has 2 aromatic rings. The van der Waals surface area contributed by atoms with Gasteiger partial charge in [-0.05, 0) is 32.3 Å². The van der Waals surface area contributed by atoms with Crippen LogP contribution in [0.3, 0.4) is 0 Å². The van der Waals surface area contributed by atoms with Gasteiger partial charge in [0.25, 0.3) is 5.91 Å². The smallest absolute Gasteiger partial charge is 0.389 e. The predicted octanol–water partition coefficient (Wildman–Crippen LogP) is 4.49. The number of nitrogens with zero attached hydrogens (tertiary/aromatic N) is 2. The number of alkyl halides is 3.